The molecule has 0 rings (SSSR count). The summed E-state index contributed by atoms with van der Waals surface area (Å²) in [5.74, 6) is 0. The Hall–Kier alpha value is 0.362. The molecule has 0 aromatic rings. The smallest absolute Gasteiger partial charge is 0.870 e. The first-order valence-electron chi connectivity index (χ1n) is 0.667. The second-order valence-electron chi connectivity index (χ2n) is 0.408. The van der Waals surface area contributed by atoms with Crippen molar-refractivity contribution in [1.82, 2.24) is 0 Å². The van der Waals surface area contributed by atoms with Crippen LogP contribution in [0.1, 0.15) is 0 Å². The van der Waals surface area contributed by atoms with E-state index in [4.69, 9.17) is 17.5 Å². The average Bonchev–Trinajstić information content (AvgIpc) is 0.722. The summed E-state index contributed by atoms with van der Waals surface area (Å²) < 4.78 is 34.1. The van der Waals surface area contributed by atoms with Crippen molar-refractivity contribution in [3.8, 4) is 0 Å². The molecule has 0 atom stereocenters. The Kier molecular flexibility index (Phi) is 10.1. The third kappa shape index (κ3) is 922. The van der Waals surface area contributed by atoms with E-state index in [1.54, 1.807) is 0 Å². The zero-order valence-electron chi connectivity index (χ0n) is 2.90. The van der Waals surface area contributed by atoms with Crippen LogP contribution in [0.25, 0.3) is 0 Å². The molecule has 43 valence electrons. The first-order valence-corrected chi connectivity index (χ1v) is 2.00. The van der Waals surface area contributed by atoms with Crippen LogP contribution in [0.3, 0.4) is 0 Å². The molecule has 0 spiro atoms. The summed E-state index contributed by atoms with van der Waals surface area (Å²) in [6, 6.07) is 0. The average molecular weight is 165 g/mol. The molecule has 7 heavy (non-hydrogen) atoms. The third-order valence-corrected chi connectivity index (χ3v) is 0. The van der Waals surface area contributed by atoms with E-state index in [0.29, 0.717) is 0 Å². The van der Waals surface area contributed by atoms with Crippen LogP contribution in [0, 0.1) is 0 Å². The van der Waals surface area contributed by atoms with Gasteiger partial charge in [-0.05, 0) is 0 Å². The van der Waals surface area contributed by atoms with Gasteiger partial charge in [0.15, 0.2) is 0 Å². The maximum atomic E-state index is 8.52. The van der Waals surface area contributed by atoms with Gasteiger partial charge in [-0.25, -0.2) is 0 Å². The quantitative estimate of drug-likeness (QED) is 0.319. The monoisotopic (exact) mass is 165 g/mol. The molecular weight excluding hydrogens is 164 g/mol. The van der Waals surface area contributed by atoms with Gasteiger partial charge in [-0.15, -0.1) is 0 Å². The topological polar surface area (TPSA) is 110 Å². The largest absolute Gasteiger partial charge is 3.00 e. The van der Waals surface area contributed by atoms with Gasteiger partial charge in [0.2, 0.25) is 0 Å². The molecule has 0 saturated heterocycles. The summed E-state index contributed by atoms with van der Waals surface area (Å²) in [7, 11) is -5.17. The third-order valence-electron chi connectivity index (χ3n) is 0. The van der Waals surface area contributed by atoms with Crippen molar-refractivity contribution in [3.05, 3.63) is 0 Å². The van der Waals surface area contributed by atoms with Crippen LogP contribution in [0.15, 0.2) is 0 Å². The molecule has 7 heteroatoms. The predicted molar refractivity (Wildman–Crippen MR) is 12.4 cm³/mol. The van der Waals surface area contributed by atoms with Crippen molar-refractivity contribution in [3.63, 3.8) is 0 Å². The molecule has 0 aliphatic carbocycles. The summed E-state index contributed by atoms with van der Waals surface area (Å²) in [4.78, 5) is 0. The second kappa shape index (κ2) is 4.52. The normalized spacial score (nSPS) is 8.29. The minimum Gasteiger partial charge on any atom is -0.870 e. The molecule has 0 aromatic carbocycles. The van der Waals surface area contributed by atoms with E-state index in [0.717, 1.165) is 0 Å². The second-order valence-corrected chi connectivity index (χ2v) is 1.22. The molecule has 0 aliphatic rings. The van der Waals surface area contributed by atoms with E-state index in [2.05, 4.69) is 0 Å². The Morgan fingerprint density at radius 1 is 1.14 bits per heavy atom. The van der Waals surface area contributed by atoms with Gasteiger partial charge in [-0.2, -0.15) is 0 Å². The van der Waals surface area contributed by atoms with Crippen LogP contribution >= 0.6 is 0 Å². The van der Waals surface area contributed by atoms with Crippen LogP contribution in [-0.2, 0) is 27.8 Å². The van der Waals surface area contributed by atoms with Crippen molar-refractivity contribution in [2.45, 2.75) is 0 Å². The minimum absolute atomic E-state index is 0. The summed E-state index contributed by atoms with van der Waals surface area (Å²) in [5.41, 5.74) is 0. The first-order chi connectivity index (χ1) is 2.00. The molecule has 0 unspecified atom stereocenters. The number of rotatable bonds is 0. The maximum Gasteiger partial charge on any atom is 3.00 e. The Morgan fingerprint density at radius 2 is 1.14 bits per heavy atom. The fourth-order valence-corrected chi connectivity index (χ4v) is 0. The van der Waals surface area contributed by atoms with Gasteiger partial charge >= 0.3 is 17.4 Å². The Labute approximate surface area is 51.4 Å². The summed E-state index contributed by atoms with van der Waals surface area (Å²) in [5, 5.41) is 0. The molecule has 0 heterocycles. The first kappa shape index (κ1) is 15.7. The van der Waals surface area contributed by atoms with Crippen LogP contribution in [-0.4, -0.2) is 23.0 Å². The van der Waals surface area contributed by atoms with E-state index in [-0.39, 0.29) is 22.8 Å². The van der Waals surface area contributed by atoms with Gasteiger partial charge in [0, 0.05) is 10.4 Å². The molecule has 0 fully saturated rings. The molecule has 5 nitrogen and oxygen atoms in total. The Morgan fingerprint density at radius 3 is 1.14 bits per heavy atom. The van der Waals surface area contributed by atoms with Gasteiger partial charge < -0.3 is 14.6 Å². The summed E-state index contributed by atoms with van der Waals surface area (Å²) in [6.07, 6.45) is 0. The van der Waals surface area contributed by atoms with Crippen LogP contribution in [0.4, 0.5) is 0 Å². The van der Waals surface area contributed by atoms with Gasteiger partial charge in [-0.3, -0.25) is 8.42 Å². The molecular formula is HCrO5S. The molecule has 0 aliphatic heterocycles. The van der Waals surface area contributed by atoms with Gasteiger partial charge in [0.1, 0.15) is 0 Å². The van der Waals surface area contributed by atoms with Gasteiger partial charge in [0.05, 0.1) is 0 Å². The van der Waals surface area contributed by atoms with E-state index >= 15 is 0 Å². The van der Waals surface area contributed by atoms with E-state index < -0.39 is 10.4 Å². The summed E-state index contributed by atoms with van der Waals surface area (Å²) >= 11 is 0. The molecule has 1 N–H and O–H groups in total. The van der Waals surface area contributed by atoms with E-state index in [1.165, 1.54) is 0 Å². The van der Waals surface area contributed by atoms with E-state index in [1.807, 2.05) is 0 Å². The van der Waals surface area contributed by atoms with Crippen molar-refractivity contribution >= 4 is 10.4 Å². The Bertz CT molecular complexity index is 91.2. The van der Waals surface area contributed by atoms with Crippen molar-refractivity contribution in [2.75, 3.05) is 0 Å². The van der Waals surface area contributed by atoms with E-state index in [9.17, 15) is 0 Å². The fraction of sp³-hybridized carbons (Fsp3) is 0. The van der Waals surface area contributed by atoms with Crippen LogP contribution < -0.4 is 0 Å². The summed E-state index contributed by atoms with van der Waals surface area (Å²) in [6.45, 7) is 0. The van der Waals surface area contributed by atoms with Crippen LogP contribution in [0.5, 0.6) is 0 Å². The number of hydrogen-bond acceptors (Lipinski definition) is 5. The van der Waals surface area contributed by atoms with Crippen LogP contribution in [0.2, 0.25) is 0 Å². The molecule has 0 saturated carbocycles. The fourth-order valence-electron chi connectivity index (χ4n) is 0. The molecule has 0 bridgehead atoms. The Balaban J connectivity index is -0.0000000800. The van der Waals surface area contributed by atoms with Crippen molar-refractivity contribution in [2.24, 2.45) is 0 Å². The molecule has 1 radical (unpaired) electrons. The number of hydrogen-bond donors (Lipinski definition) is 0. The predicted octanol–water partition coefficient (Wildman–Crippen LogP) is -1.52. The van der Waals surface area contributed by atoms with Gasteiger partial charge in [0.25, 0.3) is 0 Å². The maximum absolute atomic E-state index is 8.52. The standard InChI is InChI=1S/Cr.H2O4S.H2O/c;1-5(2,3)4;/h;(H2,1,2,3,4);1H2/q+3;;/p-3. The SMILES string of the molecule is O=S(=O)([O-])[O-].[Cr+3].[OH-]. The molecule has 0 amide bonds. The zero-order chi connectivity index (χ0) is 4.50. The zero-order valence-corrected chi connectivity index (χ0v) is 4.99. The molecule has 0 aromatic heterocycles. The van der Waals surface area contributed by atoms with Crippen molar-refractivity contribution in [1.29, 1.82) is 0 Å². The van der Waals surface area contributed by atoms with Gasteiger partial charge in [-0.1, -0.05) is 0 Å². The van der Waals surface area contributed by atoms with Crippen molar-refractivity contribution < 1.29 is 40.4 Å². The minimum atomic E-state index is -5.17.